The van der Waals surface area contributed by atoms with Gasteiger partial charge < -0.3 is 20.9 Å². The van der Waals surface area contributed by atoms with Crippen molar-refractivity contribution in [2.75, 3.05) is 19.0 Å². The molecule has 0 aliphatic heterocycles. The third-order valence-corrected chi connectivity index (χ3v) is 2.56. The van der Waals surface area contributed by atoms with Crippen molar-refractivity contribution in [3.05, 3.63) is 22.7 Å². The number of aliphatic hydroxyl groups excluding tert-OH is 1. The van der Waals surface area contributed by atoms with E-state index in [4.69, 9.17) is 10.5 Å². The molecule has 1 aromatic rings. The monoisotopic (exact) mass is 288 g/mol. The summed E-state index contributed by atoms with van der Waals surface area (Å²) in [4.78, 5) is 11.3. The highest BCUT2D eigenvalue weighted by Gasteiger charge is 2.13. The lowest BCUT2D eigenvalue weighted by Crippen LogP contribution is -2.34. The number of nitrogens with two attached hydrogens (primary N) is 1. The summed E-state index contributed by atoms with van der Waals surface area (Å²) in [5.74, 6) is 0.136. The van der Waals surface area contributed by atoms with Gasteiger partial charge in [0, 0.05) is 12.2 Å². The highest BCUT2D eigenvalue weighted by atomic mass is 79.9. The van der Waals surface area contributed by atoms with Gasteiger partial charge in [-0.3, -0.25) is 4.79 Å². The second-order valence-corrected chi connectivity index (χ2v) is 3.94. The van der Waals surface area contributed by atoms with E-state index in [1.54, 1.807) is 25.3 Å². The fourth-order valence-electron chi connectivity index (χ4n) is 1.08. The molecule has 5 nitrogen and oxygen atoms in total. The first kappa shape index (κ1) is 13.0. The van der Waals surface area contributed by atoms with Gasteiger partial charge in [-0.05, 0) is 34.1 Å². The van der Waals surface area contributed by atoms with Gasteiger partial charge in [0.2, 0.25) is 0 Å². The minimum absolute atomic E-state index is 0.108. The molecule has 0 aliphatic rings. The summed E-state index contributed by atoms with van der Waals surface area (Å²) in [5.41, 5.74) is 5.72. The van der Waals surface area contributed by atoms with Crippen LogP contribution in [0.5, 0.6) is 5.75 Å². The van der Waals surface area contributed by atoms with E-state index in [0.29, 0.717) is 11.4 Å². The van der Waals surface area contributed by atoms with Gasteiger partial charge in [-0.2, -0.15) is 0 Å². The standard InChI is InChI=1S/C10H13BrN2O3/c1-16-9-3-2-6(4-7(9)11)13-10(15)8(14)5-12/h2-4,8,14H,5,12H2,1H3,(H,13,15). The smallest absolute Gasteiger partial charge is 0.254 e. The molecule has 0 fully saturated rings. The third kappa shape index (κ3) is 3.19. The zero-order chi connectivity index (χ0) is 12.1. The predicted molar refractivity (Wildman–Crippen MR) is 64.4 cm³/mol. The first-order valence-electron chi connectivity index (χ1n) is 4.61. The highest BCUT2D eigenvalue weighted by molar-refractivity contribution is 9.10. The van der Waals surface area contributed by atoms with Gasteiger partial charge in [0.1, 0.15) is 11.9 Å². The highest BCUT2D eigenvalue weighted by Crippen LogP contribution is 2.27. The second-order valence-electron chi connectivity index (χ2n) is 3.09. The molecular weight excluding hydrogens is 276 g/mol. The zero-order valence-electron chi connectivity index (χ0n) is 8.74. The van der Waals surface area contributed by atoms with Crippen molar-refractivity contribution in [2.24, 2.45) is 5.73 Å². The normalized spacial score (nSPS) is 12.0. The number of rotatable bonds is 4. The number of amides is 1. The van der Waals surface area contributed by atoms with Gasteiger partial charge in [-0.15, -0.1) is 0 Å². The Bertz CT molecular complexity index is 384. The molecular formula is C10H13BrN2O3. The van der Waals surface area contributed by atoms with Crippen LogP contribution in [0.15, 0.2) is 22.7 Å². The largest absolute Gasteiger partial charge is 0.496 e. The number of hydrogen-bond donors (Lipinski definition) is 3. The molecule has 4 N–H and O–H groups in total. The molecule has 0 radical (unpaired) electrons. The number of halogens is 1. The van der Waals surface area contributed by atoms with E-state index in [1.807, 2.05) is 0 Å². The quantitative estimate of drug-likeness (QED) is 0.762. The number of methoxy groups -OCH3 is 1. The van der Waals surface area contributed by atoms with Crippen molar-refractivity contribution >= 4 is 27.5 Å². The van der Waals surface area contributed by atoms with Crippen molar-refractivity contribution in [1.82, 2.24) is 0 Å². The predicted octanol–water partition coefficient (Wildman–Crippen LogP) is 0.716. The Morgan fingerprint density at radius 1 is 1.69 bits per heavy atom. The number of anilines is 1. The van der Waals surface area contributed by atoms with E-state index in [2.05, 4.69) is 21.2 Å². The van der Waals surface area contributed by atoms with E-state index in [9.17, 15) is 9.90 Å². The Morgan fingerprint density at radius 2 is 2.38 bits per heavy atom. The summed E-state index contributed by atoms with van der Waals surface area (Å²) in [6, 6.07) is 5.05. The van der Waals surface area contributed by atoms with Gasteiger partial charge in [-0.25, -0.2) is 0 Å². The Morgan fingerprint density at radius 3 is 2.88 bits per heavy atom. The van der Waals surface area contributed by atoms with Gasteiger partial charge in [0.15, 0.2) is 0 Å². The van der Waals surface area contributed by atoms with Crippen molar-refractivity contribution in [3.8, 4) is 5.75 Å². The van der Waals surface area contributed by atoms with Crippen LogP contribution in [0.25, 0.3) is 0 Å². The average Bonchev–Trinajstić information content (AvgIpc) is 2.28. The molecule has 0 heterocycles. The van der Waals surface area contributed by atoms with Crippen LogP contribution < -0.4 is 15.8 Å². The Kier molecular flexibility index (Phi) is 4.72. The molecule has 0 aliphatic carbocycles. The average molecular weight is 289 g/mol. The third-order valence-electron chi connectivity index (χ3n) is 1.95. The lowest BCUT2D eigenvalue weighted by atomic mass is 10.2. The topological polar surface area (TPSA) is 84.6 Å². The molecule has 88 valence electrons. The summed E-state index contributed by atoms with van der Waals surface area (Å²) in [6.07, 6.45) is -1.19. The first-order valence-corrected chi connectivity index (χ1v) is 5.40. The van der Waals surface area contributed by atoms with E-state index >= 15 is 0 Å². The van der Waals surface area contributed by atoms with Gasteiger partial charge in [0.25, 0.3) is 5.91 Å². The van der Waals surface area contributed by atoms with Crippen LogP contribution >= 0.6 is 15.9 Å². The summed E-state index contributed by atoms with van der Waals surface area (Å²) in [5, 5.41) is 11.7. The molecule has 0 spiro atoms. The molecule has 16 heavy (non-hydrogen) atoms. The molecule has 0 bridgehead atoms. The van der Waals surface area contributed by atoms with Crippen LogP contribution in [0.2, 0.25) is 0 Å². The molecule has 1 atom stereocenters. The number of carbonyl (C=O) groups excluding carboxylic acids is 1. The Labute approximate surface area is 102 Å². The van der Waals surface area contributed by atoms with E-state index in [1.165, 1.54) is 0 Å². The van der Waals surface area contributed by atoms with Crippen LogP contribution in [0, 0.1) is 0 Å². The minimum atomic E-state index is -1.19. The first-order chi connectivity index (χ1) is 7.58. The number of hydrogen-bond acceptors (Lipinski definition) is 4. The lowest BCUT2D eigenvalue weighted by molar-refractivity contribution is -0.123. The van der Waals surface area contributed by atoms with Crippen LogP contribution in [-0.2, 0) is 4.79 Å². The van der Waals surface area contributed by atoms with E-state index < -0.39 is 12.0 Å². The van der Waals surface area contributed by atoms with Gasteiger partial charge in [-0.1, -0.05) is 0 Å². The molecule has 0 saturated carbocycles. The fraction of sp³-hybridized carbons (Fsp3) is 0.300. The summed E-state index contributed by atoms with van der Waals surface area (Å²) in [6.45, 7) is -0.108. The van der Waals surface area contributed by atoms with Crippen LogP contribution in [0.3, 0.4) is 0 Å². The molecule has 1 aromatic carbocycles. The lowest BCUT2D eigenvalue weighted by Gasteiger charge is -2.10. The van der Waals surface area contributed by atoms with Gasteiger partial charge >= 0.3 is 0 Å². The van der Waals surface area contributed by atoms with Gasteiger partial charge in [0.05, 0.1) is 11.6 Å². The Hall–Kier alpha value is -1.11. The number of carbonyl (C=O) groups is 1. The number of ether oxygens (including phenoxy) is 1. The number of nitrogens with one attached hydrogen (secondary N) is 1. The van der Waals surface area contributed by atoms with Crippen molar-refractivity contribution in [2.45, 2.75) is 6.10 Å². The maximum absolute atomic E-state index is 11.3. The van der Waals surface area contributed by atoms with Crippen LogP contribution in [-0.4, -0.2) is 30.8 Å². The molecule has 1 rings (SSSR count). The molecule has 6 heteroatoms. The van der Waals surface area contributed by atoms with Crippen molar-refractivity contribution in [1.29, 1.82) is 0 Å². The summed E-state index contributed by atoms with van der Waals surface area (Å²) >= 11 is 3.29. The molecule has 0 saturated heterocycles. The molecule has 0 aromatic heterocycles. The van der Waals surface area contributed by atoms with Crippen molar-refractivity contribution < 1.29 is 14.6 Å². The maximum atomic E-state index is 11.3. The molecule has 1 unspecified atom stereocenters. The minimum Gasteiger partial charge on any atom is -0.496 e. The van der Waals surface area contributed by atoms with E-state index in [0.717, 1.165) is 4.47 Å². The SMILES string of the molecule is COc1ccc(NC(=O)C(O)CN)cc1Br. The fourth-order valence-corrected chi connectivity index (χ4v) is 1.62. The summed E-state index contributed by atoms with van der Waals surface area (Å²) in [7, 11) is 1.55. The zero-order valence-corrected chi connectivity index (χ0v) is 10.3. The van der Waals surface area contributed by atoms with E-state index in [-0.39, 0.29) is 6.54 Å². The van der Waals surface area contributed by atoms with Crippen molar-refractivity contribution in [3.63, 3.8) is 0 Å². The maximum Gasteiger partial charge on any atom is 0.254 e. The number of aliphatic hydroxyl groups is 1. The van der Waals surface area contributed by atoms with Crippen LogP contribution in [0.1, 0.15) is 0 Å². The second kappa shape index (κ2) is 5.83. The Balaban J connectivity index is 2.75. The number of benzene rings is 1. The summed E-state index contributed by atoms with van der Waals surface area (Å²) < 4.78 is 5.76. The molecule has 1 amide bonds. The van der Waals surface area contributed by atoms with Crippen LogP contribution in [0.4, 0.5) is 5.69 Å².